The molecular weight excluding hydrogens is 472 g/mol. The molecule has 0 spiro atoms. The maximum Gasteiger partial charge on any atom is 0.254 e. The van der Waals surface area contributed by atoms with Crippen LogP contribution in [0.15, 0.2) is 48.5 Å². The van der Waals surface area contributed by atoms with Gasteiger partial charge in [0.25, 0.3) is 11.8 Å². The summed E-state index contributed by atoms with van der Waals surface area (Å²) in [6, 6.07) is 13.8. The summed E-state index contributed by atoms with van der Waals surface area (Å²) in [4.78, 5) is 57.3. The number of benzene rings is 2. The molecule has 2 heterocycles. The number of anilines is 1. The van der Waals surface area contributed by atoms with E-state index in [1.807, 2.05) is 37.2 Å². The van der Waals surface area contributed by atoms with E-state index >= 15 is 0 Å². The first-order valence-electron chi connectivity index (χ1n) is 12.2. The molecule has 2 aliphatic heterocycles. The van der Waals surface area contributed by atoms with Crippen LogP contribution in [-0.2, 0) is 9.59 Å². The first-order chi connectivity index (χ1) is 17.8. The fourth-order valence-corrected chi connectivity index (χ4v) is 4.55. The number of nitrogens with one attached hydrogen (secondary N) is 2. The Labute approximate surface area is 215 Å². The van der Waals surface area contributed by atoms with E-state index in [1.54, 1.807) is 36.4 Å². The smallest absolute Gasteiger partial charge is 0.254 e. The molecule has 37 heavy (non-hydrogen) atoms. The van der Waals surface area contributed by atoms with Crippen LogP contribution in [0.3, 0.4) is 0 Å². The molecule has 192 valence electrons. The van der Waals surface area contributed by atoms with Gasteiger partial charge in [-0.25, -0.2) is 0 Å². The van der Waals surface area contributed by atoms with Gasteiger partial charge in [0.1, 0.15) is 12.1 Å². The van der Waals surface area contributed by atoms with E-state index in [4.69, 9.17) is 5.26 Å². The third-order valence-corrected chi connectivity index (χ3v) is 6.72. The Balaban J connectivity index is 1.56. The first kappa shape index (κ1) is 25.7. The lowest BCUT2D eigenvalue weighted by Crippen LogP contribution is -2.63. The second kappa shape index (κ2) is 11.1. The standard InChI is InChI=1S/C27H30N6O4/c1-31(2)21-11-9-20(10-12-21)27(37)33-15-14-32(26(36)19-7-5-18(16-28)6-8-19)17-23(33)25(35)30-22-4-3-13-29-24(22)34/h5-12,22-23H,3-4,13-15,17H2,1-2H3,(H,29,34)(H,30,35). The maximum absolute atomic E-state index is 13.5. The van der Waals surface area contributed by atoms with Crippen molar-refractivity contribution in [2.45, 2.75) is 24.9 Å². The van der Waals surface area contributed by atoms with Crippen molar-refractivity contribution in [2.75, 3.05) is 45.2 Å². The number of carbonyl (C=O) groups is 4. The van der Waals surface area contributed by atoms with Gasteiger partial charge in [-0.1, -0.05) is 0 Å². The third kappa shape index (κ3) is 5.72. The minimum Gasteiger partial charge on any atom is -0.378 e. The van der Waals surface area contributed by atoms with Crippen LogP contribution >= 0.6 is 0 Å². The minimum absolute atomic E-state index is 0.0134. The molecule has 2 aliphatic rings. The van der Waals surface area contributed by atoms with E-state index < -0.39 is 18.0 Å². The van der Waals surface area contributed by atoms with Gasteiger partial charge in [-0.3, -0.25) is 19.2 Å². The van der Waals surface area contributed by atoms with Gasteiger partial charge in [0, 0.05) is 50.5 Å². The molecule has 4 rings (SSSR count). The Morgan fingerprint density at radius 3 is 2.27 bits per heavy atom. The summed E-state index contributed by atoms with van der Waals surface area (Å²) in [5.41, 5.74) is 2.21. The minimum atomic E-state index is -0.966. The zero-order chi connectivity index (χ0) is 26.5. The number of piperidine rings is 1. The molecule has 2 fully saturated rings. The van der Waals surface area contributed by atoms with Gasteiger partial charge in [-0.15, -0.1) is 0 Å². The molecule has 10 heteroatoms. The molecule has 0 aromatic heterocycles. The van der Waals surface area contributed by atoms with Crippen LogP contribution in [0.4, 0.5) is 5.69 Å². The predicted octanol–water partition coefficient (Wildman–Crippen LogP) is 0.986. The highest BCUT2D eigenvalue weighted by molar-refractivity contribution is 6.00. The van der Waals surface area contributed by atoms with Crippen molar-refractivity contribution < 1.29 is 19.2 Å². The molecule has 2 aromatic rings. The van der Waals surface area contributed by atoms with Crippen LogP contribution in [0.1, 0.15) is 39.1 Å². The van der Waals surface area contributed by atoms with E-state index in [1.165, 1.54) is 9.80 Å². The van der Waals surface area contributed by atoms with Crippen LogP contribution < -0.4 is 15.5 Å². The van der Waals surface area contributed by atoms with Crippen LogP contribution in [0.5, 0.6) is 0 Å². The Bertz CT molecular complexity index is 1220. The highest BCUT2D eigenvalue weighted by Gasteiger charge is 2.39. The molecule has 0 aliphatic carbocycles. The number of carbonyl (C=O) groups excluding carboxylic acids is 4. The highest BCUT2D eigenvalue weighted by Crippen LogP contribution is 2.20. The lowest BCUT2D eigenvalue weighted by atomic mass is 10.0. The van der Waals surface area contributed by atoms with Gasteiger partial charge >= 0.3 is 0 Å². The Morgan fingerprint density at radius 2 is 1.65 bits per heavy atom. The van der Waals surface area contributed by atoms with E-state index in [-0.39, 0.29) is 37.4 Å². The molecule has 2 saturated heterocycles. The fourth-order valence-electron chi connectivity index (χ4n) is 4.55. The second-order valence-electron chi connectivity index (χ2n) is 9.39. The van der Waals surface area contributed by atoms with E-state index in [0.717, 1.165) is 12.1 Å². The molecular formula is C27H30N6O4. The monoisotopic (exact) mass is 502 g/mol. The number of nitriles is 1. The summed E-state index contributed by atoms with van der Waals surface area (Å²) in [6.45, 7) is 0.953. The van der Waals surface area contributed by atoms with Crippen molar-refractivity contribution in [1.82, 2.24) is 20.4 Å². The van der Waals surface area contributed by atoms with Gasteiger partial charge in [-0.05, 0) is 61.4 Å². The van der Waals surface area contributed by atoms with Gasteiger partial charge in [0.15, 0.2) is 0 Å². The first-order valence-corrected chi connectivity index (χ1v) is 12.2. The van der Waals surface area contributed by atoms with Crippen molar-refractivity contribution in [2.24, 2.45) is 0 Å². The molecule has 2 aromatic carbocycles. The zero-order valence-electron chi connectivity index (χ0n) is 20.9. The Hall–Kier alpha value is -4.39. The highest BCUT2D eigenvalue weighted by atomic mass is 16.2. The molecule has 4 amide bonds. The fraction of sp³-hybridized carbons (Fsp3) is 0.370. The Morgan fingerprint density at radius 1 is 1.00 bits per heavy atom. The summed E-state index contributed by atoms with van der Waals surface area (Å²) < 4.78 is 0. The lowest BCUT2D eigenvalue weighted by Gasteiger charge is -2.41. The SMILES string of the molecule is CN(C)c1ccc(C(=O)N2CCN(C(=O)c3ccc(C#N)cc3)CC2C(=O)NC2CCCNC2=O)cc1. The van der Waals surface area contributed by atoms with Crippen LogP contribution in [0.25, 0.3) is 0 Å². The number of amides is 4. The Kier molecular flexibility index (Phi) is 7.72. The van der Waals surface area contributed by atoms with Gasteiger partial charge in [0.05, 0.1) is 18.2 Å². The number of hydrogen-bond acceptors (Lipinski definition) is 6. The molecule has 0 radical (unpaired) electrons. The normalized spacial score (nSPS) is 19.4. The van der Waals surface area contributed by atoms with Crippen molar-refractivity contribution in [1.29, 1.82) is 5.26 Å². The van der Waals surface area contributed by atoms with Crippen LogP contribution in [0, 0.1) is 11.3 Å². The van der Waals surface area contributed by atoms with E-state index in [2.05, 4.69) is 10.6 Å². The molecule has 2 unspecified atom stereocenters. The third-order valence-electron chi connectivity index (χ3n) is 6.72. The van der Waals surface area contributed by atoms with Crippen LogP contribution in [-0.4, -0.2) is 85.8 Å². The quantitative estimate of drug-likeness (QED) is 0.628. The summed E-state index contributed by atoms with van der Waals surface area (Å²) in [7, 11) is 3.81. The largest absolute Gasteiger partial charge is 0.378 e. The number of nitrogens with zero attached hydrogens (tertiary/aromatic N) is 4. The summed E-state index contributed by atoms with van der Waals surface area (Å²) in [6.07, 6.45) is 1.25. The van der Waals surface area contributed by atoms with Gasteiger partial charge < -0.3 is 25.3 Å². The predicted molar refractivity (Wildman–Crippen MR) is 137 cm³/mol. The average Bonchev–Trinajstić information content (AvgIpc) is 2.93. The van der Waals surface area contributed by atoms with Crippen molar-refractivity contribution in [3.05, 3.63) is 65.2 Å². The topological polar surface area (TPSA) is 126 Å². The van der Waals surface area contributed by atoms with Crippen molar-refractivity contribution in [3.63, 3.8) is 0 Å². The number of hydrogen-bond donors (Lipinski definition) is 2. The number of piperazine rings is 1. The molecule has 2 atom stereocenters. The van der Waals surface area contributed by atoms with Crippen LogP contribution in [0.2, 0.25) is 0 Å². The lowest BCUT2D eigenvalue weighted by molar-refractivity contribution is -0.133. The maximum atomic E-state index is 13.5. The van der Waals surface area contributed by atoms with Gasteiger partial charge in [-0.2, -0.15) is 5.26 Å². The van der Waals surface area contributed by atoms with Gasteiger partial charge in [0.2, 0.25) is 11.8 Å². The molecule has 2 N–H and O–H groups in total. The summed E-state index contributed by atoms with van der Waals surface area (Å²) in [5, 5.41) is 14.6. The second-order valence-corrected chi connectivity index (χ2v) is 9.39. The van der Waals surface area contributed by atoms with E-state index in [0.29, 0.717) is 29.7 Å². The summed E-state index contributed by atoms with van der Waals surface area (Å²) >= 11 is 0. The van der Waals surface area contributed by atoms with Crippen molar-refractivity contribution >= 4 is 29.3 Å². The number of rotatable bonds is 5. The van der Waals surface area contributed by atoms with E-state index in [9.17, 15) is 19.2 Å². The van der Waals surface area contributed by atoms with Crippen molar-refractivity contribution in [3.8, 4) is 6.07 Å². The summed E-state index contributed by atoms with van der Waals surface area (Å²) in [5.74, 6) is -1.33. The molecule has 0 bridgehead atoms. The molecule has 10 nitrogen and oxygen atoms in total. The zero-order valence-corrected chi connectivity index (χ0v) is 20.9. The molecule has 0 saturated carbocycles. The average molecular weight is 503 g/mol.